The highest BCUT2D eigenvalue weighted by atomic mass is 79.9. The molecule has 1 aromatic rings. The molecule has 0 amide bonds. The highest BCUT2D eigenvalue weighted by Crippen LogP contribution is 2.20. The van der Waals surface area contributed by atoms with Gasteiger partial charge in [0.15, 0.2) is 0 Å². The molecule has 0 spiro atoms. The molecule has 15 heavy (non-hydrogen) atoms. The fourth-order valence-corrected chi connectivity index (χ4v) is 2.40. The van der Waals surface area contributed by atoms with Crippen LogP contribution in [0.3, 0.4) is 0 Å². The van der Waals surface area contributed by atoms with Crippen molar-refractivity contribution < 1.29 is 9.47 Å². The molecule has 0 saturated carbocycles. The van der Waals surface area contributed by atoms with E-state index in [4.69, 9.17) is 9.47 Å². The van der Waals surface area contributed by atoms with Crippen molar-refractivity contribution in [1.82, 2.24) is 0 Å². The van der Waals surface area contributed by atoms with E-state index >= 15 is 0 Å². The van der Waals surface area contributed by atoms with E-state index in [2.05, 4.69) is 27.4 Å². The van der Waals surface area contributed by atoms with Crippen LogP contribution in [0.4, 0.5) is 0 Å². The number of thiophene rings is 1. The fraction of sp³-hybridized carbons (Fsp3) is 0.636. The molecule has 0 fully saturated rings. The van der Waals surface area contributed by atoms with Crippen LogP contribution in [0.1, 0.15) is 25.6 Å². The van der Waals surface area contributed by atoms with Gasteiger partial charge in [0.25, 0.3) is 0 Å². The molecule has 0 atom stereocenters. The molecule has 0 unspecified atom stereocenters. The number of hydrogen-bond acceptors (Lipinski definition) is 3. The first-order chi connectivity index (χ1) is 6.97. The second-order valence-electron chi connectivity index (χ2n) is 4.24. The summed E-state index contributed by atoms with van der Waals surface area (Å²) >= 11 is 5.11. The van der Waals surface area contributed by atoms with E-state index in [0.717, 1.165) is 4.47 Å². The predicted molar refractivity (Wildman–Crippen MR) is 67.4 cm³/mol. The Hall–Kier alpha value is 0.1000. The summed E-state index contributed by atoms with van der Waals surface area (Å²) in [7, 11) is 0. The van der Waals surface area contributed by atoms with Crippen LogP contribution in [0.2, 0.25) is 0 Å². The zero-order chi connectivity index (χ0) is 11.3. The summed E-state index contributed by atoms with van der Waals surface area (Å²) in [5.74, 6) is 0. The number of rotatable bonds is 5. The summed E-state index contributed by atoms with van der Waals surface area (Å²) < 4.78 is 12.2. The smallest absolute Gasteiger partial charge is 0.0810 e. The van der Waals surface area contributed by atoms with Crippen molar-refractivity contribution in [3.8, 4) is 0 Å². The lowest BCUT2D eigenvalue weighted by atomic mass is 10.2. The normalized spacial score (nSPS) is 12.0. The molecule has 1 heterocycles. The van der Waals surface area contributed by atoms with Gasteiger partial charge in [-0.05, 0) is 42.8 Å². The molecule has 0 aromatic carbocycles. The van der Waals surface area contributed by atoms with E-state index in [1.807, 2.05) is 20.8 Å². The molecule has 4 heteroatoms. The maximum atomic E-state index is 5.54. The Labute approximate surface area is 104 Å². The minimum atomic E-state index is -0.0741. The van der Waals surface area contributed by atoms with Gasteiger partial charge in [0.2, 0.25) is 0 Å². The van der Waals surface area contributed by atoms with E-state index in [0.29, 0.717) is 19.8 Å². The molecular weight excluding hydrogens is 276 g/mol. The maximum absolute atomic E-state index is 5.54. The number of hydrogen-bond donors (Lipinski definition) is 0. The number of halogens is 1. The molecule has 86 valence electrons. The van der Waals surface area contributed by atoms with Crippen LogP contribution >= 0.6 is 27.3 Å². The van der Waals surface area contributed by atoms with Crippen molar-refractivity contribution >= 4 is 27.3 Å². The van der Waals surface area contributed by atoms with Gasteiger partial charge in [-0.3, -0.25) is 0 Å². The van der Waals surface area contributed by atoms with Gasteiger partial charge in [-0.2, -0.15) is 0 Å². The van der Waals surface area contributed by atoms with E-state index in [-0.39, 0.29) is 5.60 Å². The van der Waals surface area contributed by atoms with Gasteiger partial charge in [-0.25, -0.2) is 0 Å². The second-order valence-corrected chi connectivity index (χ2v) is 6.16. The van der Waals surface area contributed by atoms with Crippen LogP contribution in [-0.4, -0.2) is 18.8 Å². The standard InChI is InChI=1S/C11H17BrO2S/c1-11(2,3)14-5-4-13-7-10-6-9(12)8-15-10/h6,8H,4-5,7H2,1-3H3. The first-order valence-corrected chi connectivity index (χ1v) is 6.59. The van der Waals surface area contributed by atoms with E-state index in [1.54, 1.807) is 11.3 Å². The van der Waals surface area contributed by atoms with Crippen LogP contribution in [0, 0.1) is 0 Å². The van der Waals surface area contributed by atoms with Crippen molar-refractivity contribution in [2.75, 3.05) is 13.2 Å². The second kappa shape index (κ2) is 5.99. The van der Waals surface area contributed by atoms with Crippen LogP contribution < -0.4 is 0 Å². The van der Waals surface area contributed by atoms with Gasteiger partial charge < -0.3 is 9.47 Å². The van der Waals surface area contributed by atoms with Crippen molar-refractivity contribution in [2.45, 2.75) is 33.0 Å². The fourth-order valence-electron chi connectivity index (χ4n) is 1.01. The highest BCUT2D eigenvalue weighted by Gasteiger charge is 2.08. The first-order valence-electron chi connectivity index (χ1n) is 4.92. The molecule has 0 aliphatic rings. The van der Waals surface area contributed by atoms with E-state index < -0.39 is 0 Å². The van der Waals surface area contributed by atoms with Crippen LogP contribution in [0.5, 0.6) is 0 Å². The summed E-state index contributed by atoms with van der Waals surface area (Å²) in [5, 5.41) is 2.06. The van der Waals surface area contributed by atoms with Gasteiger partial charge in [0, 0.05) is 14.7 Å². The Morgan fingerprint density at radius 1 is 1.33 bits per heavy atom. The quantitative estimate of drug-likeness (QED) is 0.768. The van der Waals surface area contributed by atoms with Gasteiger partial charge in [0.1, 0.15) is 0 Å². The Bertz CT molecular complexity index is 291. The molecule has 2 nitrogen and oxygen atoms in total. The van der Waals surface area contributed by atoms with E-state index in [9.17, 15) is 0 Å². The summed E-state index contributed by atoms with van der Waals surface area (Å²) in [6, 6.07) is 2.08. The molecule has 0 aliphatic carbocycles. The topological polar surface area (TPSA) is 18.5 Å². The van der Waals surface area contributed by atoms with Crippen LogP contribution in [0.25, 0.3) is 0 Å². The van der Waals surface area contributed by atoms with Crippen molar-refractivity contribution in [3.05, 3.63) is 20.8 Å². The summed E-state index contributed by atoms with van der Waals surface area (Å²) in [4.78, 5) is 1.23. The average molecular weight is 293 g/mol. The van der Waals surface area contributed by atoms with Gasteiger partial charge in [-0.1, -0.05) is 0 Å². The van der Waals surface area contributed by atoms with Crippen molar-refractivity contribution in [1.29, 1.82) is 0 Å². The van der Waals surface area contributed by atoms with Crippen LogP contribution in [0.15, 0.2) is 15.9 Å². The highest BCUT2D eigenvalue weighted by molar-refractivity contribution is 9.10. The Morgan fingerprint density at radius 2 is 2.07 bits per heavy atom. The summed E-state index contributed by atoms with van der Waals surface area (Å²) in [6.07, 6.45) is 0. The van der Waals surface area contributed by atoms with Crippen molar-refractivity contribution in [2.24, 2.45) is 0 Å². The SMILES string of the molecule is CC(C)(C)OCCOCc1cc(Br)cs1. The first kappa shape index (κ1) is 13.2. The minimum absolute atomic E-state index is 0.0741. The molecule has 0 aliphatic heterocycles. The Morgan fingerprint density at radius 3 is 2.60 bits per heavy atom. The third kappa shape index (κ3) is 6.30. The zero-order valence-corrected chi connectivity index (χ0v) is 11.8. The molecular formula is C11H17BrO2S. The lowest BCUT2D eigenvalue weighted by Crippen LogP contribution is -2.21. The molecule has 0 bridgehead atoms. The largest absolute Gasteiger partial charge is 0.374 e. The summed E-state index contributed by atoms with van der Waals surface area (Å²) in [5.41, 5.74) is -0.0741. The predicted octanol–water partition coefficient (Wildman–Crippen LogP) is 3.84. The molecule has 1 rings (SSSR count). The van der Waals surface area contributed by atoms with Crippen molar-refractivity contribution in [3.63, 3.8) is 0 Å². The van der Waals surface area contributed by atoms with Gasteiger partial charge in [-0.15, -0.1) is 11.3 Å². The van der Waals surface area contributed by atoms with E-state index in [1.165, 1.54) is 4.88 Å². The average Bonchev–Trinajstić information content (AvgIpc) is 2.49. The Balaban J connectivity index is 2.07. The third-order valence-corrected chi connectivity index (χ3v) is 3.30. The molecule has 0 radical (unpaired) electrons. The van der Waals surface area contributed by atoms with Gasteiger partial charge in [0.05, 0.1) is 25.4 Å². The molecule has 0 saturated heterocycles. The molecule has 0 N–H and O–H groups in total. The Kier molecular flexibility index (Phi) is 5.26. The summed E-state index contributed by atoms with van der Waals surface area (Å²) in [6.45, 7) is 8.10. The van der Waals surface area contributed by atoms with Gasteiger partial charge >= 0.3 is 0 Å². The third-order valence-electron chi connectivity index (χ3n) is 1.63. The zero-order valence-electron chi connectivity index (χ0n) is 9.38. The molecule has 1 aromatic heterocycles. The lowest BCUT2D eigenvalue weighted by molar-refractivity contribution is -0.0373. The maximum Gasteiger partial charge on any atom is 0.0810 e. The van der Waals surface area contributed by atoms with Crippen LogP contribution in [-0.2, 0) is 16.1 Å². The number of ether oxygens (including phenoxy) is 2. The minimum Gasteiger partial charge on any atom is -0.374 e. The lowest BCUT2D eigenvalue weighted by Gasteiger charge is -2.19. The monoisotopic (exact) mass is 292 g/mol.